The summed E-state index contributed by atoms with van der Waals surface area (Å²) in [6.45, 7) is 7.91. The van der Waals surface area contributed by atoms with Crippen molar-refractivity contribution in [3.8, 4) is 0 Å². The van der Waals surface area contributed by atoms with E-state index in [-0.39, 0.29) is 5.92 Å². The zero-order valence-electron chi connectivity index (χ0n) is 10.2. The lowest BCUT2D eigenvalue weighted by Gasteiger charge is -2.09. The van der Waals surface area contributed by atoms with E-state index in [0.29, 0.717) is 0 Å². The summed E-state index contributed by atoms with van der Waals surface area (Å²) < 4.78 is 0. The van der Waals surface area contributed by atoms with Gasteiger partial charge in [-0.15, -0.1) is 9.24 Å². The van der Waals surface area contributed by atoms with Crippen LogP contribution in [0, 0.1) is 5.92 Å². The van der Waals surface area contributed by atoms with Crippen molar-refractivity contribution in [1.29, 1.82) is 0 Å². The Kier molecular flexibility index (Phi) is 5.10. The fourth-order valence-corrected chi connectivity index (χ4v) is 1.76. The van der Waals surface area contributed by atoms with Crippen molar-refractivity contribution >= 4 is 26.1 Å². The van der Waals surface area contributed by atoms with Crippen LogP contribution in [0.3, 0.4) is 0 Å². The number of allylic oxidation sites excluding steroid dienone is 4. The summed E-state index contributed by atoms with van der Waals surface area (Å²) in [7, 11) is 2.66. The highest BCUT2D eigenvalue weighted by Crippen LogP contribution is 2.23. The summed E-state index contributed by atoms with van der Waals surface area (Å²) >= 11 is 0. The highest BCUT2D eigenvalue weighted by atomic mass is 31.0. The van der Waals surface area contributed by atoms with Gasteiger partial charge in [0, 0.05) is 12.0 Å². The number of hydrogen-bond donors (Lipinski definition) is 0. The van der Waals surface area contributed by atoms with Crippen LogP contribution in [0.1, 0.15) is 19.4 Å². The smallest absolute Gasteiger partial charge is 0.120 e. The van der Waals surface area contributed by atoms with E-state index in [2.05, 4.69) is 28.0 Å². The van der Waals surface area contributed by atoms with Crippen LogP contribution in [-0.2, 0) is 4.79 Å². The molecule has 0 saturated heterocycles. The Bertz CT molecular complexity index is 476. The molecule has 0 amide bonds. The van der Waals surface area contributed by atoms with Gasteiger partial charge in [0.1, 0.15) is 5.94 Å². The fraction of sp³-hybridized carbons (Fsp3) is 0.200. The third-order valence-corrected chi connectivity index (χ3v) is 2.83. The van der Waals surface area contributed by atoms with E-state index in [0.717, 1.165) is 22.0 Å². The minimum absolute atomic E-state index is 0.0647. The van der Waals surface area contributed by atoms with Gasteiger partial charge in [0.05, 0.1) is 0 Å². The van der Waals surface area contributed by atoms with Crippen molar-refractivity contribution in [2.24, 2.45) is 5.92 Å². The molecule has 1 rings (SSSR count). The van der Waals surface area contributed by atoms with E-state index in [4.69, 9.17) is 0 Å². The van der Waals surface area contributed by atoms with Crippen LogP contribution in [0.25, 0.3) is 5.57 Å². The maximum Gasteiger partial charge on any atom is 0.120 e. The molecule has 0 aromatic heterocycles. The predicted molar refractivity (Wildman–Crippen MR) is 78.0 cm³/mol. The first-order valence-electron chi connectivity index (χ1n) is 5.49. The number of carbonyl (C=O) groups excluding carboxylic acids is 1. The van der Waals surface area contributed by atoms with E-state index in [1.54, 1.807) is 0 Å². The molecule has 2 unspecified atom stereocenters. The molecular formula is C15H17OP. The van der Waals surface area contributed by atoms with Crippen LogP contribution < -0.4 is 5.30 Å². The van der Waals surface area contributed by atoms with Gasteiger partial charge in [-0.1, -0.05) is 49.4 Å². The molecular weight excluding hydrogens is 227 g/mol. The fourth-order valence-electron chi connectivity index (χ4n) is 1.57. The van der Waals surface area contributed by atoms with Gasteiger partial charge < -0.3 is 0 Å². The molecule has 0 heterocycles. The quantitative estimate of drug-likeness (QED) is 0.451. The second-order valence-corrected chi connectivity index (χ2v) is 4.79. The van der Waals surface area contributed by atoms with Crippen molar-refractivity contribution in [3.63, 3.8) is 0 Å². The zero-order valence-corrected chi connectivity index (χ0v) is 11.4. The van der Waals surface area contributed by atoms with Gasteiger partial charge in [-0.2, -0.15) is 0 Å². The van der Waals surface area contributed by atoms with E-state index < -0.39 is 0 Å². The van der Waals surface area contributed by atoms with E-state index >= 15 is 0 Å². The summed E-state index contributed by atoms with van der Waals surface area (Å²) in [6, 6.07) is 8.19. The molecule has 1 aromatic rings. The molecule has 1 aromatic carbocycles. The minimum Gasteiger partial charge on any atom is -0.234 e. The van der Waals surface area contributed by atoms with Gasteiger partial charge in [-0.05, 0) is 23.4 Å². The second-order valence-electron chi connectivity index (χ2n) is 4.13. The SMILES string of the molecule is C=C(C)/C(=C\C(C)C=C=O)c1ccc(P)cc1. The van der Waals surface area contributed by atoms with Gasteiger partial charge in [0.15, 0.2) is 0 Å². The zero-order chi connectivity index (χ0) is 12.8. The number of hydrogen-bond acceptors (Lipinski definition) is 1. The van der Waals surface area contributed by atoms with E-state index in [1.165, 1.54) is 6.08 Å². The summed E-state index contributed by atoms with van der Waals surface area (Å²) in [4.78, 5) is 10.3. The Balaban J connectivity index is 3.13. The summed E-state index contributed by atoms with van der Waals surface area (Å²) in [6.07, 6.45) is 3.54. The van der Waals surface area contributed by atoms with Crippen molar-refractivity contribution in [2.75, 3.05) is 0 Å². The normalized spacial score (nSPS) is 12.8. The Morgan fingerprint density at radius 1 is 1.41 bits per heavy atom. The summed E-state index contributed by atoms with van der Waals surface area (Å²) in [5, 5.41) is 1.15. The monoisotopic (exact) mass is 244 g/mol. The Hall–Kier alpha value is -1.42. The first-order chi connectivity index (χ1) is 8.04. The molecule has 1 nitrogen and oxygen atoms in total. The molecule has 0 aliphatic carbocycles. The molecule has 0 N–H and O–H groups in total. The van der Waals surface area contributed by atoms with Crippen molar-refractivity contribution in [3.05, 3.63) is 54.1 Å². The molecule has 2 atom stereocenters. The maximum atomic E-state index is 10.3. The molecule has 88 valence electrons. The lowest BCUT2D eigenvalue weighted by atomic mass is 9.96. The first-order valence-corrected chi connectivity index (χ1v) is 6.07. The largest absolute Gasteiger partial charge is 0.234 e. The Morgan fingerprint density at radius 3 is 2.47 bits per heavy atom. The van der Waals surface area contributed by atoms with Crippen LogP contribution in [0.15, 0.2) is 48.6 Å². The predicted octanol–water partition coefficient (Wildman–Crippen LogP) is 3.17. The third kappa shape index (κ3) is 4.15. The van der Waals surface area contributed by atoms with Crippen molar-refractivity contribution < 1.29 is 4.79 Å². The maximum absolute atomic E-state index is 10.3. The molecule has 0 fully saturated rings. The van der Waals surface area contributed by atoms with Crippen molar-refractivity contribution in [2.45, 2.75) is 13.8 Å². The van der Waals surface area contributed by atoms with Gasteiger partial charge in [-0.25, -0.2) is 4.79 Å². The van der Waals surface area contributed by atoms with Gasteiger partial charge >= 0.3 is 0 Å². The topological polar surface area (TPSA) is 17.1 Å². The highest BCUT2D eigenvalue weighted by Gasteiger charge is 2.04. The molecule has 0 aliphatic heterocycles. The molecule has 0 radical (unpaired) electrons. The van der Waals surface area contributed by atoms with Crippen LogP contribution in [0.2, 0.25) is 0 Å². The van der Waals surface area contributed by atoms with Gasteiger partial charge in [-0.3, -0.25) is 0 Å². The van der Waals surface area contributed by atoms with E-state index in [1.807, 2.05) is 38.0 Å². The van der Waals surface area contributed by atoms with E-state index in [9.17, 15) is 4.79 Å². The van der Waals surface area contributed by atoms with Crippen molar-refractivity contribution in [1.82, 2.24) is 0 Å². The highest BCUT2D eigenvalue weighted by molar-refractivity contribution is 7.27. The third-order valence-electron chi connectivity index (χ3n) is 2.44. The van der Waals surface area contributed by atoms with Gasteiger partial charge in [0.2, 0.25) is 0 Å². The van der Waals surface area contributed by atoms with Crippen LogP contribution in [0.5, 0.6) is 0 Å². The molecule has 2 heteroatoms. The Labute approximate surface area is 105 Å². The molecule has 17 heavy (non-hydrogen) atoms. The molecule has 0 saturated carbocycles. The average molecular weight is 244 g/mol. The molecule has 0 bridgehead atoms. The molecule has 0 spiro atoms. The minimum atomic E-state index is 0.0647. The second kappa shape index (κ2) is 6.35. The number of rotatable bonds is 4. The molecule has 0 aliphatic rings. The summed E-state index contributed by atoms with van der Waals surface area (Å²) in [5.74, 6) is 1.88. The summed E-state index contributed by atoms with van der Waals surface area (Å²) in [5.41, 5.74) is 3.19. The Morgan fingerprint density at radius 2 is 2.00 bits per heavy atom. The first kappa shape index (κ1) is 13.6. The van der Waals surface area contributed by atoms with Crippen LogP contribution in [0.4, 0.5) is 0 Å². The average Bonchev–Trinajstić information content (AvgIpc) is 2.27. The lowest BCUT2D eigenvalue weighted by Crippen LogP contribution is -1.94. The van der Waals surface area contributed by atoms with Gasteiger partial charge in [0.25, 0.3) is 0 Å². The van der Waals surface area contributed by atoms with Crippen LogP contribution in [-0.4, -0.2) is 5.94 Å². The van der Waals surface area contributed by atoms with Crippen LogP contribution >= 0.6 is 9.24 Å². The number of benzene rings is 1. The lowest BCUT2D eigenvalue weighted by molar-refractivity contribution is 0.567. The standard InChI is InChI=1S/C15H17OP/c1-11(2)15(10-12(3)8-9-16)13-4-6-14(17)7-5-13/h4-8,10,12H,1,17H2,2-3H3/b15-10+.